The molecule has 0 aliphatic heterocycles. The molecule has 2 rings (SSSR count). The van der Waals surface area contributed by atoms with Gasteiger partial charge in [-0.15, -0.1) is 0 Å². The number of carbonyl (C=O) groups is 1. The number of benzene rings is 2. The van der Waals surface area contributed by atoms with E-state index in [1.807, 2.05) is 0 Å². The molecule has 0 heterocycles. The Balaban J connectivity index is 2.05. The molecule has 0 spiro atoms. The molecule has 0 aromatic heterocycles. The minimum Gasteiger partial charge on any atom is -0.481 e. The van der Waals surface area contributed by atoms with Crippen LogP contribution in [0, 0.1) is 10.1 Å². The van der Waals surface area contributed by atoms with Crippen molar-refractivity contribution >= 4 is 40.5 Å². The number of hydrogen-bond acceptors (Lipinski definition) is 4. The van der Waals surface area contributed by atoms with E-state index in [4.69, 9.17) is 27.9 Å². The Kier molecular flexibility index (Phi) is 5.41. The molecular formula is C15H12Cl2N2O4. The van der Waals surface area contributed by atoms with E-state index in [1.165, 1.54) is 31.2 Å². The van der Waals surface area contributed by atoms with Crippen LogP contribution in [0.1, 0.15) is 6.92 Å². The number of carbonyl (C=O) groups excluding carboxylic acids is 1. The van der Waals surface area contributed by atoms with Crippen LogP contribution in [0.5, 0.6) is 5.75 Å². The van der Waals surface area contributed by atoms with Crippen LogP contribution < -0.4 is 10.1 Å². The molecule has 6 nitrogen and oxygen atoms in total. The number of halogens is 2. The maximum absolute atomic E-state index is 12.1. The fraction of sp³-hybridized carbons (Fsp3) is 0.133. The number of nitro groups is 1. The lowest BCUT2D eigenvalue weighted by atomic mass is 10.2. The lowest BCUT2D eigenvalue weighted by Crippen LogP contribution is -2.30. The van der Waals surface area contributed by atoms with E-state index in [0.29, 0.717) is 15.7 Å². The highest BCUT2D eigenvalue weighted by molar-refractivity contribution is 6.35. The molecule has 2 aromatic rings. The van der Waals surface area contributed by atoms with E-state index in [-0.39, 0.29) is 11.4 Å². The fourth-order valence-corrected chi connectivity index (χ4v) is 2.32. The number of nitro benzene ring substituents is 1. The van der Waals surface area contributed by atoms with Crippen molar-refractivity contribution in [2.45, 2.75) is 13.0 Å². The van der Waals surface area contributed by atoms with Crippen LogP contribution in [0.3, 0.4) is 0 Å². The van der Waals surface area contributed by atoms with Gasteiger partial charge in [-0.3, -0.25) is 14.9 Å². The van der Waals surface area contributed by atoms with Crippen LogP contribution in [0.4, 0.5) is 11.4 Å². The summed E-state index contributed by atoms with van der Waals surface area (Å²) in [5, 5.41) is 14.1. The summed E-state index contributed by atoms with van der Waals surface area (Å²) in [5.41, 5.74) is 0.318. The van der Waals surface area contributed by atoms with Crippen molar-refractivity contribution < 1.29 is 14.5 Å². The highest BCUT2D eigenvalue weighted by Crippen LogP contribution is 2.23. The molecule has 1 amide bonds. The number of hydrogen-bond donors (Lipinski definition) is 1. The largest absolute Gasteiger partial charge is 0.481 e. The Hall–Kier alpha value is -2.31. The average molecular weight is 355 g/mol. The van der Waals surface area contributed by atoms with Crippen molar-refractivity contribution in [2.75, 3.05) is 5.32 Å². The Labute approximate surface area is 142 Å². The van der Waals surface area contributed by atoms with E-state index >= 15 is 0 Å². The van der Waals surface area contributed by atoms with E-state index in [9.17, 15) is 14.9 Å². The van der Waals surface area contributed by atoms with Crippen LogP contribution in [0.2, 0.25) is 10.0 Å². The molecule has 0 saturated heterocycles. The van der Waals surface area contributed by atoms with E-state index in [0.717, 1.165) is 0 Å². The van der Waals surface area contributed by atoms with Crippen LogP contribution in [0.15, 0.2) is 42.5 Å². The molecule has 0 unspecified atom stereocenters. The summed E-state index contributed by atoms with van der Waals surface area (Å²) >= 11 is 11.7. The Morgan fingerprint density at radius 1 is 1.22 bits per heavy atom. The monoisotopic (exact) mass is 354 g/mol. The lowest BCUT2D eigenvalue weighted by Gasteiger charge is -2.15. The van der Waals surface area contributed by atoms with Crippen molar-refractivity contribution in [1.29, 1.82) is 0 Å². The molecule has 2 aromatic carbocycles. The first kappa shape index (κ1) is 17.1. The summed E-state index contributed by atoms with van der Waals surface area (Å²) < 4.78 is 5.42. The Morgan fingerprint density at radius 3 is 2.48 bits per heavy atom. The van der Waals surface area contributed by atoms with Crippen LogP contribution in [-0.4, -0.2) is 16.9 Å². The van der Waals surface area contributed by atoms with E-state index in [2.05, 4.69) is 5.32 Å². The smallest absolute Gasteiger partial charge is 0.273 e. The molecule has 1 N–H and O–H groups in total. The highest BCUT2D eigenvalue weighted by Gasteiger charge is 2.16. The number of nitrogens with one attached hydrogen (secondary N) is 1. The molecule has 0 aliphatic carbocycles. The molecule has 0 saturated carbocycles. The van der Waals surface area contributed by atoms with Gasteiger partial charge in [0.2, 0.25) is 0 Å². The van der Waals surface area contributed by atoms with E-state index in [1.54, 1.807) is 18.2 Å². The third kappa shape index (κ3) is 4.84. The number of anilines is 1. The summed E-state index contributed by atoms with van der Waals surface area (Å²) in [6, 6.07) is 10.2. The maximum atomic E-state index is 12.1. The topological polar surface area (TPSA) is 81.5 Å². The van der Waals surface area contributed by atoms with Gasteiger partial charge in [-0.1, -0.05) is 29.3 Å². The first-order valence-electron chi connectivity index (χ1n) is 6.53. The van der Waals surface area contributed by atoms with Gasteiger partial charge < -0.3 is 10.1 Å². The van der Waals surface area contributed by atoms with Gasteiger partial charge in [0, 0.05) is 21.8 Å². The fourth-order valence-electron chi connectivity index (χ4n) is 1.80. The van der Waals surface area contributed by atoms with Crippen molar-refractivity contribution in [3.8, 4) is 5.75 Å². The number of non-ortho nitro benzene ring substituents is 1. The summed E-state index contributed by atoms with van der Waals surface area (Å²) in [4.78, 5) is 22.3. The van der Waals surface area contributed by atoms with Crippen molar-refractivity contribution in [1.82, 2.24) is 0 Å². The highest BCUT2D eigenvalue weighted by atomic mass is 35.5. The first-order chi connectivity index (χ1) is 10.8. The second-order valence-electron chi connectivity index (χ2n) is 4.66. The zero-order valence-corrected chi connectivity index (χ0v) is 13.5. The first-order valence-corrected chi connectivity index (χ1v) is 7.29. The molecule has 0 radical (unpaired) electrons. The van der Waals surface area contributed by atoms with Gasteiger partial charge in [0.15, 0.2) is 6.10 Å². The molecule has 8 heteroatoms. The summed E-state index contributed by atoms with van der Waals surface area (Å²) in [7, 11) is 0. The van der Waals surface area contributed by atoms with Crippen LogP contribution in [0.25, 0.3) is 0 Å². The van der Waals surface area contributed by atoms with Crippen LogP contribution >= 0.6 is 23.2 Å². The standard InChI is InChI=1S/C15H12Cl2N2O4/c1-9(23-14-4-2-3-13(8-14)19(21)22)15(20)18-12-6-10(16)5-11(17)7-12/h2-9H,1H3,(H,18,20)/t9-/m0/s1. The molecule has 120 valence electrons. The SMILES string of the molecule is C[C@H](Oc1cccc([N+](=O)[O-])c1)C(=O)Nc1cc(Cl)cc(Cl)c1. The minimum absolute atomic E-state index is 0.114. The zero-order valence-electron chi connectivity index (χ0n) is 12.0. The number of rotatable bonds is 5. The molecule has 0 fully saturated rings. The number of ether oxygens (including phenoxy) is 1. The van der Waals surface area contributed by atoms with Crippen molar-refractivity contribution in [2.24, 2.45) is 0 Å². The van der Waals surface area contributed by atoms with Gasteiger partial charge in [-0.2, -0.15) is 0 Å². The second kappa shape index (κ2) is 7.30. The van der Waals surface area contributed by atoms with Crippen molar-refractivity contribution in [3.05, 3.63) is 62.6 Å². The molecule has 0 aliphatic rings. The predicted octanol–water partition coefficient (Wildman–Crippen LogP) is 4.31. The summed E-state index contributed by atoms with van der Waals surface area (Å²) in [6.45, 7) is 1.53. The van der Waals surface area contributed by atoms with E-state index < -0.39 is 16.9 Å². The third-order valence-electron chi connectivity index (χ3n) is 2.84. The van der Waals surface area contributed by atoms with Crippen LogP contribution in [-0.2, 0) is 4.79 Å². The number of amides is 1. The van der Waals surface area contributed by atoms with Gasteiger partial charge in [0.1, 0.15) is 5.75 Å². The zero-order chi connectivity index (χ0) is 17.0. The summed E-state index contributed by atoms with van der Waals surface area (Å²) in [6.07, 6.45) is -0.866. The van der Waals surface area contributed by atoms with Gasteiger partial charge in [-0.25, -0.2) is 0 Å². The minimum atomic E-state index is -0.866. The molecule has 1 atom stereocenters. The average Bonchev–Trinajstić information content (AvgIpc) is 2.46. The molecule has 0 bridgehead atoms. The quantitative estimate of drug-likeness (QED) is 0.640. The van der Waals surface area contributed by atoms with Gasteiger partial charge in [0.25, 0.3) is 11.6 Å². The molecular weight excluding hydrogens is 343 g/mol. The number of nitrogens with zero attached hydrogens (tertiary/aromatic N) is 1. The van der Waals surface area contributed by atoms with Crippen molar-refractivity contribution in [3.63, 3.8) is 0 Å². The van der Waals surface area contributed by atoms with Gasteiger partial charge in [0.05, 0.1) is 11.0 Å². The lowest BCUT2D eigenvalue weighted by molar-refractivity contribution is -0.384. The predicted molar refractivity (Wildman–Crippen MR) is 88.3 cm³/mol. The second-order valence-corrected chi connectivity index (χ2v) is 5.53. The van der Waals surface area contributed by atoms with Gasteiger partial charge >= 0.3 is 0 Å². The maximum Gasteiger partial charge on any atom is 0.273 e. The Morgan fingerprint density at radius 2 is 1.87 bits per heavy atom. The third-order valence-corrected chi connectivity index (χ3v) is 3.28. The summed E-state index contributed by atoms with van der Waals surface area (Å²) in [5.74, 6) is -0.208. The normalized spacial score (nSPS) is 11.6. The Bertz CT molecular complexity index is 732. The molecule has 23 heavy (non-hydrogen) atoms. The van der Waals surface area contributed by atoms with Gasteiger partial charge in [-0.05, 0) is 31.2 Å².